The Morgan fingerprint density at radius 3 is 2.33 bits per heavy atom. The Labute approximate surface area is 107 Å². The quantitative estimate of drug-likeness (QED) is 0.806. The van der Waals surface area contributed by atoms with Crippen molar-refractivity contribution in [2.75, 3.05) is 0 Å². The molecule has 0 bridgehead atoms. The van der Waals surface area contributed by atoms with E-state index in [2.05, 4.69) is 35.1 Å². The standard InChI is InChI=1S/C15H15N3/c1-10-6-11(2)15(12(3)7-10)13(8-16)14-4-5-17-9-18-14/h4-7,9,13H,1-3H3. The number of benzene rings is 1. The average Bonchev–Trinajstić information content (AvgIpc) is 2.34. The van der Waals surface area contributed by atoms with Crippen LogP contribution in [0.4, 0.5) is 0 Å². The highest BCUT2D eigenvalue weighted by molar-refractivity contribution is 5.46. The van der Waals surface area contributed by atoms with Gasteiger partial charge < -0.3 is 0 Å². The Morgan fingerprint density at radius 2 is 1.83 bits per heavy atom. The second-order valence-electron chi connectivity index (χ2n) is 4.51. The predicted octanol–water partition coefficient (Wildman–Crippen LogP) is 3.06. The molecule has 3 nitrogen and oxygen atoms in total. The van der Waals surface area contributed by atoms with Crippen LogP contribution in [0, 0.1) is 32.1 Å². The number of aromatic nitrogens is 2. The highest BCUT2D eigenvalue weighted by Gasteiger charge is 2.19. The molecule has 1 heterocycles. The third-order valence-corrected chi connectivity index (χ3v) is 3.06. The molecule has 0 fully saturated rings. The van der Waals surface area contributed by atoms with E-state index >= 15 is 0 Å². The zero-order valence-corrected chi connectivity index (χ0v) is 10.8. The molecule has 0 spiro atoms. The van der Waals surface area contributed by atoms with Crippen LogP contribution in [0.5, 0.6) is 0 Å². The Bertz CT molecular complexity index is 574. The first-order valence-electron chi connectivity index (χ1n) is 5.86. The molecule has 0 amide bonds. The minimum Gasteiger partial charge on any atom is -0.245 e. The van der Waals surface area contributed by atoms with Crippen molar-refractivity contribution < 1.29 is 0 Å². The lowest BCUT2D eigenvalue weighted by Crippen LogP contribution is -2.06. The lowest BCUT2D eigenvalue weighted by atomic mass is 9.88. The van der Waals surface area contributed by atoms with Gasteiger partial charge in [0.15, 0.2) is 0 Å². The van der Waals surface area contributed by atoms with Gasteiger partial charge in [-0.2, -0.15) is 5.26 Å². The molecular formula is C15H15N3. The van der Waals surface area contributed by atoms with Gasteiger partial charge in [0.2, 0.25) is 0 Å². The van der Waals surface area contributed by atoms with Crippen LogP contribution in [0.3, 0.4) is 0 Å². The maximum atomic E-state index is 9.44. The molecule has 0 aliphatic carbocycles. The molecule has 1 unspecified atom stereocenters. The normalized spacial score (nSPS) is 11.9. The summed E-state index contributed by atoms with van der Waals surface area (Å²) >= 11 is 0. The largest absolute Gasteiger partial charge is 0.245 e. The van der Waals surface area contributed by atoms with Crippen molar-refractivity contribution in [2.45, 2.75) is 26.7 Å². The second kappa shape index (κ2) is 4.97. The van der Waals surface area contributed by atoms with Gasteiger partial charge in [-0.15, -0.1) is 0 Å². The monoisotopic (exact) mass is 237 g/mol. The van der Waals surface area contributed by atoms with Crippen LogP contribution in [0.15, 0.2) is 30.7 Å². The first-order valence-corrected chi connectivity index (χ1v) is 5.86. The van der Waals surface area contributed by atoms with Crippen molar-refractivity contribution in [3.8, 4) is 6.07 Å². The number of hydrogen-bond donors (Lipinski definition) is 0. The van der Waals surface area contributed by atoms with Gasteiger partial charge >= 0.3 is 0 Å². The van der Waals surface area contributed by atoms with Crippen LogP contribution < -0.4 is 0 Å². The average molecular weight is 237 g/mol. The minimum absolute atomic E-state index is 0.325. The van der Waals surface area contributed by atoms with E-state index < -0.39 is 0 Å². The first kappa shape index (κ1) is 12.3. The van der Waals surface area contributed by atoms with E-state index in [1.165, 1.54) is 11.9 Å². The van der Waals surface area contributed by atoms with Gasteiger partial charge in [0.05, 0.1) is 11.8 Å². The van der Waals surface area contributed by atoms with E-state index in [1.807, 2.05) is 13.8 Å². The van der Waals surface area contributed by atoms with Crippen molar-refractivity contribution in [1.82, 2.24) is 9.97 Å². The number of nitrogens with zero attached hydrogens (tertiary/aromatic N) is 3. The smallest absolute Gasteiger partial charge is 0.115 e. The molecule has 2 rings (SSSR count). The van der Waals surface area contributed by atoms with Gasteiger partial charge in [-0.1, -0.05) is 17.7 Å². The molecule has 1 aromatic carbocycles. The lowest BCUT2D eigenvalue weighted by Gasteiger charge is -2.15. The topological polar surface area (TPSA) is 49.6 Å². The Hall–Kier alpha value is -2.21. The van der Waals surface area contributed by atoms with Crippen LogP contribution >= 0.6 is 0 Å². The van der Waals surface area contributed by atoms with Gasteiger partial charge in [0.1, 0.15) is 12.2 Å². The Morgan fingerprint density at radius 1 is 1.17 bits per heavy atom. The van der Waals surface area contributed by atoms with E-state index in [-0.39, 0.29) is 5.92 Å². The fourth-order valence-corrected chi connectivity index (χ4v) is 2.40. The molecule has 0 saturated carbocycles. The van der Waals surface area contributed by atoms with Gasteiger partial charge in [-0.05, 0) is 43.5 Å². The van der Waals surface area contributed by atoms with Crippen molar-refractivity contribution in [1.29, 1.82) is 5.26 Å². The van der Waals surface area contributed by atoms with E-state index in [9.17, 15) is 5.26 Å². The molecule has 2 aromatic rings. The first-order chi connectivity index (χ1) is 8.63. The summed E-state index contributed by atoms with van der Waals surface area (Å²) in [6.07, 6.45) is 3.16. The number of nitriles is 1. The molecule has 1 aromatic heterocycles. The van der Waals surface area contributed by atoms with Crippen LogP contribution in [-0.2, 0) is 0 Å². The van der Waals surface area contributed by atoms with E-state index in [1.54, 1.807) is 12.3 Å². The molecule has 90 valence electrons. The molecule has 18 heavy (non-hydrogen) atoms. The third-order valence-electron chi connectivity index (χ3n) is 3.06. The van der Waals surface area contributed by atoms with Gasteiger partial charge in [-0.25, -0.2) is 9.97 Å². The van der Waals surface area contributed by atoms with Crippen molar-refractivity contribution in [2.24, 2.45) is 0 Å². The van der Waals surface area contributed by atoms with Crippen molar-refractivity contribution >= 4 is 0 Å². The summed E-state index contributed by atoms with van der Waals surface area (Å²) in [4.78, 5) is 8.09. The van der Waals surface area contributed by atoms with Crippen molar-refractivity contribution in [3.05, 3.63) is 58.7 Å². The van der Waals surface area contributed by atoms with Crippen LogP contribution in [-0.4, -0.2) is 9.97 Å². The Kier molecular flexibility index (Phi) is 3.38. The second-order valence-corrected chi connectivity index (χ2v) is 4.51. The predicted molar refractivity (Wildman–Crippen MR) is 70.1 cm³/mol. The van der Waals surface area contributed by atoms with Crippen LogP contribution in [0.1, 0.15) is 33.9 Å². The SMILES string of the molecule is Cc1cc(C)c(C(C#N)c2ccncn2)c(C)c1. The molecular weight excluding hydrogens is 222 g/mol. The molecule has 0 N–H and O–H groups in total. The zero-order chi connectivity index (χ0) is 13.1. The zero-order valence-electron chi connectivity index (χ0n) is 10.8. The number of hydrogen-bond acceptors (Lipinski definition) is 3. The lowest BCUT2D eigenvalue weighted by molar-refractivity contribution is 0.922. The summed E-state index contributed by atoms with van der Waals surface area (Å²) < 4.78 is 0. The summed E-state index contributed by atoms with van der Waals surface area (Å²) in [5.74, 6) is -0.325. The fraction of sp³-hybridized carbons (Fsp3) is 0.267. The summed E-state index contributed by atoms with van der Waals surface area (Å²) in [5.41, 5.74) is 5.30. The summed E-state index contributed by atoms with van der Waals surface area (Å²) in [6.45, 7) is 6.15. The van der Waals surface area contributed by atoms with E-state index in [0.717, 1.165) is 22.4 Å². The molecule has 3 heteroatoms. The highest BCUT2D eigenvalue weighted by Crippen LogP contribution is 2.28. The third kappa shape index (κ3) is 2.23. The van der Waals surface area contributed by atoms with E-state index in [0.29, 0.717) is 0 Å². The van der Waals surface area contributed by atoms with Gasteiger partial charge in [-0.3, -0.25) is 0 Å². The highest BCUT2D eigenvalue weighted by atomic mass is 14.8. The maximum Gasteiger partial charge on any atom is 0.115 e. The summed E-state index contributed by atoms with van der Waals surface area (Å²) in [5, 5.41) is 9.44. The van der Waals surface area contributed by atoms with E-state index in [4.69, 9.17) is 0 Å². The van der Waals surface area contributed by atoms with Gasteiger partial charge in [0, 0.05) is 6.20 Å². The molecule has 0 saturated heterocycles. The molecule has 0 aliphatic heterocycles. The van der Waals surface area contributed by atoms with Gasteiger partial charge in [0.25, 0.3) is 0 Å². The fourth-order valence-electron chi connectivity index (χ4n) is 2.40. The molecule has 0 aliphatic rings. The van der Waals surface area contributed by atoms with Crippen LogP contribution in [0.2, 0.25) is 0 Å². The van der Waals surface area contributed by atoms with Crippen LogP contribution in [0.25, 0.3) is 0 Å². The number of aryl methyl sites for hydroxylation is 3. The summed E-state index contributed by atoms with van der Waals surface area (Å²) in [7, 11) is 0. The molecule has 0 radical (unpaired) electrons. The molecule has 1 atom stereocenters. The summed E-state index contributed by atoms with van der Waals surface area (Å²) in [6, 6.07) is 8.35. The van der Waals surface area contributed by atoms with Crippen molar-refractivity contribution in [3.63, 3.8) is 0 Å². The Balaban J connectivity index is 2.57. The minimum atomic E-state index is -0.325. The number of rotatable bonds is 2. The maximum absolute atomic E-state index is 9.44.